The Labute approximate surface area is 112 Å². The van der Waals surface area contributed by atoms with Gasteiger partial charge in [-0.25, -0.2) is 12.7 Å². The molecule has 0 aromatic carbocycles. The van der Waals surface area contributed by atoms with Crippen molar-refractivity contribution in [3.63, 3.8) is 0 Å². The SMILES string of the molecule is CC(C)NCCCCS(=O)(=O)N(C)CC1CC1C. The first kappa shape index (κ1) is 15.9. The first-order valence-corrected chi connectivity index (χ1v) is 8.61. The van der Waals surface area contributed by atoms with Crippen LogP contribution in [0.4, 0.5) is 0 Å². The quantitative estimate of drug-likeness (QED) is 0.652. The predicted molar refractivity (Wildman–Crippen MR) is 76.1 cm³/mol. The minimum Gasteiger partial charge on any atom is -0.315 e. The third-order valence-electron chi connectivity index (χ3n) is 3.62. The monoisotopic (exact) mass is 276 g/mol. The van der Waals surface area contributed by atoms with E-state index >= 15 is 0 Å². The van der Waals surface area contributed by atoms with E-state index in [4.69, 9.17) is 0 Å². The van der Waals surface area contributed by atoms with Crippen LogP contribution in [0.25, 0.3) is 0 Å². The number of nitrogens with zero attached hydrogens (tertiary/aromatic N) is 1. The number of rotatable bonds is 9. The van der Waals surface area contributed by atoms with Crippen LogP contribution in [-0.2, 0) is 10.0 Å². The maximum atomic E-state index is 12.0. The van der Waals surface area contributed by atoms with Crippen LogP contribution in [0, 0.1) is 11.8 Å². The normalized spacial score (nSPS) is 23.9. The summed E-state index contributed by atoms with van der Waals surface area (Å²) in [6.07, 6.45) is 2.84. The van der Waals surface area contributed by atoms with Crippen molar-refractivity contribution < 1.29 is 8.42 Å². The van der Waals surface area contributed by atoms with Crippen molar-refractivity contribution >= 4 is 10.0 Å². The van der Waals surface area contributed by atoms with Gasteiger partial charge in [-0.3, -0.25) is 0 Å². The average Bonchev–Trinajstić information content (AvgIpc) is 2.93. The van der Waals surface area contributed by atoms with Crippen LogP contribution >= 0.6 is 0 Å². The molecule has 0 aliphatic heterocycles. The van der Waals surface area contributed by atoms with E-state index in [1.165, 1.54) is 6.42 Å². The van der Waals surface area contributed by atoms with Crippen LogP contribution in [0.1, 0.15) is 40.0 Å². The van der Waals surface area contributed by atoms with Gasteiger partial charge in [0.15, 0.2) is 0 Å². The van der Waals surface area contributed by atoms with Crippen molar-refractivity contribution in [2.45, 2.75) is 46.1 Å². The standard InChI is InChI=1S/C13H28N2O2S/c1-11(2)14-7-5-6-8-18(16,17)15(4)10-13-9-12(13)3/h11-14H,5-10H2,1-4H3. The van der Waals surface area contributed by atoms with Crippen LogP contribution in [0.3, 0.4) is 0 Å². The molecule has 18 heavy (non-hydrogen) atoms. The second kappa shape index (κ2) is 6.87. The van der Waals surface area contributed by atoms with Crippen molar-refractivity contribution in [2.75, 3.05) is 25.9 Å². The Bertz CT molecular complexity index is 341. The van der Waals surface area contributed by atoms with Crippen LogP contribution in [0.2, 0.25) is 0 Å². The molecule has 0 amide bonds. The maximum absolute atomic E-state index is 12.0. The third kappa shape index (κ3) is 5.67. The lowest BCUT2D eigenvalue weighted by atomic mass is 10.3. The van der Waals surface area contributed by atoms with Crippen LogP contribution < -0.4 is 5.32 Å². The van der Waals surface area contributed by atoms with Gasteiger partial charge in [0.25, 0.3) is 0 Å². The second-order valence-electron chi connectivity index (χ2n) is 5.89. The predicted octanol–water partition coefficient (Wildman–Crippen LogP) is 1.68. The van der Waals surface area contributed by atoms with Crippen LogP contribution in [0.15, 0.2) is 0 Å². The summed E-state index contributed by atoms with van der Waals surface area (Å²) in [6.45, 7) is 7.98. The van der Waals surface area contributed by atoms with Gasteiger partial charge in [0.05, 0.1) is 5.75 Å². The Morgan fingerprint density at radius 2 is 1.94 bits per heavy atom. The van der Waals surface area contributed by atoms with Crippen molar-refractivity contribution in [3.05, 3.63) is 0 Å². The van der Waals surface area contributed by atoms with Crippen molar-refractivity contribution in [2.24, 2.45) is 11.8 Å². The summed E-state index contributed by atoms with van der Waals surface area (Å²) in [5.41, 5.74) is 0. The summed E-state index contributed by atoms with van der Waals surface area (Å²) >= 11 is 0. The van der Waals surface area contributed by atoms with Gasteiger partial charge in [0, 0.05) is 19.6 Å². The molecule has 1 N–H and O–H groups in total. The molecule has 1 fully saturated rings. The molecule has 0 bridgehead atoms. The van der Waals surface area contributed by atoms with Crippen LogP contribution in [-0.4, -0.2) is 44.7 Å². The summed E-state index contributed by atoms with van der Waals surface area (Å²) in [6, 6.07) is 0.473. The smallest absolute Gasteiger partial charge is 0.213 e. The Hall–Kier alpha value is -0.130. The first-order valence-electron chi connectivity index (χ1n) is 7.00. The second-order valence-corrected chi connectivity index (χ2v) is 8.08. The molecule has 1 saturated carbocycles. The molecule has 1 rings (SSSR count). The summed E-state index contributed by atoms with van der Waals surface area (Å²) in [5.74, 6) is 1.58. The van der Waals surface area contributed by atoms with Crippen molar-refractivity contribution in [3.8, 4) is 0 Å². The zero-order valence-corrected chi connectivity index (χ0v) is 13.0. The molecule has 2 atom stereocenters. The maximum Gasteiger partial charge on any atom is 0.213 e. The van der Waals surface area contributed by atoms with E-state index in [1.807, 2.05) is 0 Å². The number of hydrogen-bond acceptors (Lipinski definition) is 3. The molecule has 1 aliphatic carbocycles. The Kier molecular flexibility index (Phi) is 6.08. The van der Waals surface area contributed by atoms with E-state index < -0.39 is 10.0 Å². The fraction of sp³-hybridized carbons (Fsp3) is 1.00. The zero-order chi connectivity index (χ0) is 13.8. The highest BCUT2D eigenvalue weighted by Crippen LogP contribution is 2.38. The fourth-order valence-electron chi connectivity index (χ4n) is 2.05. The van der Waals surface area contributed by atoms with Crippen molar-refractivity contribution in [1.29, 1.82) is 0 Å². The summed E-state index contributed by atoms with van der Waals surface area (Å²) < 4.78 is 25.6. The van der Waals surface area contributed by atoms with Gasteiger partial charge in [-0.2, -0.15) is 0 Å². The van der Waals surface area contributed by atoms with Gasteiger partial charge < -0.3 is 5.32 Å². The Morgan fingerprint density at radius 1 is 1.33 bits per heavy atom. The summed E-state index contributed by atoms with van der Waals surface area (Å²) in [4.78, 5) is 0. The Morgan fingerprint density at radius 3 is 2.44 bits per heavy atom. The lowest BCUT2D eigenvalue weighted by molar-refractivity contribution is 0.442. The Balaban J connectivity index is 2.18. The van der Waals surface area contributed by atoms with E-state index in [0.717, 1.165) is 19.4 Å². The highest BCUT2D eigenvalue weighted by molar-refractivity contribution is 7.89. The van der Waals surface area contributed by atoms with E-state index in [9.17, 15) is 8.42 Å². The van der Waals surface area contributed by atoms with Gasteiger partial charge >= 0.3 is 0 Å². The minimum atomic E-state index is -3.03. The first-order chi connectivity index (χ1) is 8.33. The highest BCUT2D eigenvalue weighted by atomic mass is 32.2. The van der Waals surface area contributed by atoms with Crippen molar-refractivity contribution in [1.82, 2.24) is 9.62 Å². The molecule has 0 aromatic rings. The molecule has 4 nitrogen and oxygen atoms in total. The molecule has 1 aliphatic rings. The lowest BCUT2D eigenvalue weighted by Gasteiger charge is -2.17. The van der Waals surface area contributed by atoms with E-state index in [-0.39, 0.29) is 5.75 Å². The zero-order valence-electron chi connectivity index (χ0n) is 12.1. The molecule has 108 valence electrons. The average molecular weight is 276 g/mol. The fourth-order valence-corrected chi connectivity index (χ4v) is 3.35. The molecule has 0 heterocycles. The van der Waals surface area contributed by atoms with Gasteiger partial charge in [-0.15, -0.1) is 0 Å². The lowest BCUT2D eigenvalue weighted by Crippen LogP contribution is -2.31. The number of unbranched alkanes of at least 4 members (excludes halogenated alkanes) is 1. The van der Waals surface area contributed by atoms with Gasteiger partial charge in [-0.1, -0.05) is 20.8 Å². The largest absolute Gasteiger partial charge is 0.315 e. The molecule has 0 aromatic heterocycles. The molecule has 0 saturated heterocycles. The molecule has 0 spiro atoms. The van der Waals surface area contributed by atoms with Gasteiger partial charge in [0.2, 0.25) is 10.0 Å². The third-order valence-corrected chi connectivity index (χ3v) is 5.53. The van der Waals surface area contributed by atoms with E-state index in [1.54, 1.807) is 11.4 Å². The number of nitrogens with one attached hydrogen (secondary N) is 1. The minimum absolute atomic E-state index is 0.282. The van der Waals surface area contributed by atoms with E-state index in [0.29, 0.717) is 24.4 Å². The highest BCUT2D eigenvalue weighted by Gasteiger charge is 2.35. The summed E-state index contributed by atoms with van der Waals surface area (Å²) in [5, 5.41) is 3.30. The molecular formula is C13H28N2O2S. The molecule has 5 heteroatoms. The van der Waals surface area contributed by atoms with Gasteiger partial charge in [0.1, 0.15) is 0 Å². The topological polar surface area (TPSA) is 49.4 Å². The van der Waals surface area contributed by atoms with Gasteiger partial charge in [-0.05, 0) is 37.6 Å². The molecule has 0 radical (unpaired) electrons. The number of sulfonamides is 1. The molecular weight excluding hydrogens is 248 g/mol. The summed E-state index contributed by atoms with van der Waals surface area (Å²) in [7, 11) is -1.32. The van der Waals surface area contributed by atoms with Crippen LogP contribution in [0.5, 0.6) is 0 Å². The number of hydrogen-bond donors (Lipinski definition) is 1. The molecule has 2 unspecified atom stereocenters. The van der Waals surface area contributed by atoms with E-state index in [2.05, 4.69) is 26.1 Å².